The summed E-state index contributed by atoms with van der Waals surface area (Å²) in [7, 11) is -3.55. The molecule has 0 unspecified atom stereocenters. The molecule has 4 rings (SSSR count). The maximum absolute atomic E-state index is 13.0. The van der Waals surface area contributed by atoms with Crippen LogP contribution >= 0.6 is 0 Å². The molecule has 2 fully saturated rings. The van der Waals surface area contributed by atoms with Gasteiger partial charge in [-0.1, -0.05) is 17.3 Å². The quantitative estimate of drug-likeness (QED) is 0.861. The SMILES string of the molecule is O=S(=O)(c1ccccc1-c1ccno1)N1CCC2(COC2)C1. The molecule has 2 aliphatic heterocycles. The Labute approximate surface area is 128 Å². The molecule has 6 nitrogen and oxygen atoms in total. The van der Waals surface area contributed by atoms with Gasteiger partial charge in [-0.15, -0.1) is 0 Å². The number of rotatable bonds is 3. The van der Waals surface area contributed by atoms with Crippen LogP contribution in [0.2, 0.25) is 0 Å². The van der Waals surface area contributed by atoms with Gasteiger partial charge in [-0.2, -0.15) is 4.31 Å². The number of aromatic nitrogens is 1. The summed E-state index contributed by atoms with van der Waals surface area (Å²) in [5.74, 6) is 0.458. The van der Waals surface area contributed by atoms with Gasteiger partial charge in [0.2, 0.25) is 10.0 Å². The Hall–Kier alpha value is -1.70. The van der Waals surface area contributed by atoms with Crippen molar-refractivity contribution in [1.29, 1.82) is 0 Å². The van der Waals surface area contributed by atoms with Gasteiger partial charge < -0.3 is 9.26 Å². The van der Waals surface area contributed by atoms with Crippen molar-refractivity contribution in [1.82, 2.24) is 9.46 Å². The normalized spacial score (nSPS) is 21.1. The first-order valence-electron chi connectivity index (χ1n) is 7.19. The third-order valence-electron chi connectivity index (χ3n) is 4.43. The lowest BCUT2D eigenvalue weighted by Crippen LogP contribution is -2.45. The van der Waals surface area contributed by atoms with Crippen molar-refractivity contribution in [3.8, 4) is 11.3 Å². The Morgan fingerprint density at radius 3 is 2.64 bits per heavy atom. The highest BCUT2D eigenvalue weighted by Gasteiger charge is 2.48. The van der Waals surface area contributed by atoms with E-state index in [2.05, 4.69) is 5.16 Å². The molecule has 0 N–H and O–H groups in total. The van der Waals surface area contributed by atoms with Crippen molar-refractivity contribution >= 4 is 10.0 Å². The predicted molar refractivity (Wildman–Crippen MR) is 78.6 cm³/mol. The first-order chi connectivity index (χ1) is 10.6. The number of sulfonamides is 1. The number of ether oxygens (including phenoxy) is 1. The second kappa shape index (κ2) is 4.91. The molecule has 0 saturated carbocycles. The van der Waals surface area contributed by atoms with Crippen LogP contribution in [0.25, 0.3) is 11.3 Å². The fourth-order valence-corrected chi connectivity index (χ4v) is 4.87. The predicted octanol–water partition coefficient (Wildman–Crippen LogP) is 1.75. The van der Waals surface area contributed by atoms with E-state index in [-0.39, 0.29) is 10.3 Å². The lowest BCUT2D eigenvalue weighted by atomic mass is 9.86. The number of benzene rings is 1. The zero-order valence-electron chi connectivity index (χ0n) is 11.9. The van der Waals surface area contributed by atoms with E-state index in [0.717, 1.165) is 6.42 Å². The van der Waals surface area contributed by atoms with E-state index in [4.69, 9.17) is 9.26 Å². The summed E-state index contributed by atoms with van der Waals surface area (Å²) in [4.78, 5) is 0.268. The van der Waals surface area contributed by atoms with Crippen molar-refractivity contribution in [3.05, 3.63) is 36.5 Å². The largest absolute Gasteiger partial charge is 0.380 e. The fourth-order valence-electron chi connectivity index (χ4n) is 3.11. The van der Waals surface area contributed by atoms with Gasteiger partial charge >= 0.3 is 0 Å². The van der Waals surface area contributed by atoms with E-state index in [9.17, 15) is 8.42 Å². The van der Waals surface area contributed by atoms with Crippen LogP contribution in [0.3, 0.4) is 0 Å². The van der Waals surface area contributed by atoms with E-state index in [1.807, 2.05) is 0 Å². The van der Waals surface area contributed by atoms with Crippen LogP contribution < -0.4 is 0 Å². The highest BCUT2D eigenvalue weighted by Crippen LogP contribution is 2.40. The second-order valence-corrected chi connectivity index (χ2v) is 7.86. The van der Waals surface area contributed by atoms with Crippen molar-refractivity contribution in [2.45, 2.75) is 11.3 Å². The summed E-state index contributed by atoms with van der Waals surface area (Å²) in [6, 6.07) is 8.55. The van der Waals surface area contributed by atoms with Gasteiger partial charge in [-0.25, -0.2) is 8.42 Å². The van der Waals surface area contributed by atoms with Gasteiger partial charge in [0.05, 0.1) is 24.3 Å². The molecule has 1 aromatic carbocycles. The molecular formula is C15H16N2O4S. The lowest BCUT2D eigenvalue weighted by molar-refractivity contribution is -0.102. The van der Waals surface area contributed by atoms with Crippen LogP contribution in [0.4, 0.5) is 0 Å². The van der Waals surface area contributed by atoms with E-state index < -0.39 is 10.0 Å². The van der Waals surface area contributed by atoms with Crippen molar-refractivity contribution in [2.24, 2.45) is 5.41 Å². The highest BCUT2D eigenvalue weighted by atomic mass is 32.2. The molecule has 0 aliphatic carbocycles. The zero-order chi connectivity index (χ0) is 15.2. The fraction of sp³-hybridized carbons (Fsp3) is 0.400. The van der Waals surface area contributed by atoms with Crippen molar-refractivity contribution in [2.75, 3.05) is 26.3 Å². The minimum atomic E-state index is -3.55. The number of hydrogen-bond acceptors (Lipinski definition) is 5. The molecule has 3 heterocycles. The standard InChI is InChI=1S/C15H16N2O4S/c18-22(19,17-8-6-15(9-17)10-20-11-15)14-4-2-1-3-12(14)13-5-7-16-21-13/h1-5,7H,6,8-11H2. The Balaban J connectivity index is 1.72. The Kier molecular flexibility index (Phi) is 3.11. The van der Waals surface area contributed by atoms with Crippen LogP contribution in [0.1, 0.15) is 6.42 Å². The Bertz CT molecular complexity index is 782. The van der Waals surface area contributed by atoms with E-state index >= 15 is 0 Å². The number of nitrogens with zero attached hydrogens (tertiary/aromatic N) is 2. The zero-order valence-corrected chi connectivity index (χ0v) is 12.8. The van der Waals surface area contributed by atoms with Gasteiger partial charge in [0, 0.05) is 30.1 Å². The molecule has 116 valence electrons. The highest BCUT2D eigenvalue weighted by molar-refractivity contribution is 7.89. The summed E-state index contributed by atoms with van der Waals surface area (Å²) in [6.07, 6.45) is 2.37. The van der Waals surface area contributed by atoms with Gasteiger partial charge in [0.15, 0.2) is 5.76 Å². The number of hydrogen-bond donors (Lipinski definition) is 0. The van der Waals surface area contributed by atoms with Crippen molar-refractivity contribution in [3.63, 3.8) is 0 Å². The molecule has 0 atom stereocenters. The van der Waals surface area contributed by atoms with E-state index in [1.54, 1.807) is 34.6 Å². The maximum Gasteiger partial charge on any atom is 0.243 e. The van der Waals surface area contributed by atoms with Gasteiger partial charge in [0.1, 0.15) is 0 Å². The third-order valence-corrected chi connectivity index (χ3v) is 6.33. The molecule has 22 heavy (non-hydrogen) atoms. The van der Waals surface area contributed by atoms with Crippen LogP contribution in [0.15, 0.2) is 45.9 Å². The molecule has 0 amide bonds. The molecule has 2 saturated heterocycles. The van der Waals surface area contributed by atoms with E-state index in [1.165, 1.54) is 6.20 Å². The average Bonchev–Trinajstić information content (AvgIpc) is 3.16. The minimum Gasteiger partial charge on any atom is -0.380 e. The molecule has 2 aromatic rings. The smallest absolute Gasteiger partial charge is 0.243 e. The monoisotopic (exact) mass is 320 g/mol. The van der Waals surface area contributed by atoms with Gasteiger partial charge in [0.25, 0.3) is 0 Å². The Morgan fingerprint density at radius 2 is 2.00 bits per heavy atom. The maximum atomic E-state index is 13.0. The topological polar surface area (TPSA) is 72.6 Å². The lowest BCUT2D eigenvalue weighted by Gasteiger charge is -2.37. The van der Waals surface area contributed by atoms with Gasteiger partial charge in [-0.05, 0) is 18.6 Å². The molecule has 1 spiro atoms. The molecule has 2 aliphatic rings. The molecule has 7 heteroatoms. The summed E-state index contributed by atoms with van der Waals surface area (Å²) in [6.45, 7) is 2.38. The van der Waals surface area contributed by atoms with Crippen LogP contribution in [-0.2, 0) is 14.8 Å². The summed E-state index contributed by atoms with van der Waals surface area (Å²) < 4.78 is 38.0. The molecular weight excluding hydrogens is 304 g/mol. The molecule has 0 bridgehead atoms. The second-order valence-electron chi connectivity index (χ2n) is 5.95. The molecule has 1 aromatic heterocycles. The minimum absolute atomic E-state index is 0.0221. The third kappa shape index (κ3) is 2.08. The Morgan fingerprint density at radius 1 is 1.18 bits per heavy atom. The summed E-state index contributed by atoms with van der Waals surface area (Å²) in [5, 5.41) is 3.66. The van der Waals surface area contributed by atoms with E-state index in [0.29, 0.717) is 37.6 Å². The van der Waals surface area contributed by atoms with Crippen LogP contribution in [-0.4, -0.2) is 44.2 Å². The van der Waals surface area contributed by atoms with Gasteiger partial charge in [-0.3, -0.25) is 0 Å². The summed E-state index contributed by atoms with van der Waals surface area (Å²) in [5.41, 5.74) is 0.569. The first-order valence-corrected chi connectivity index (χ1v) is 8.63. The average molecular weight is 320 g/mol. The van der Waals surface area contributed by atoms with Crippen LogP contribution in [0, 0.1) is 5.41 Å². The van der Waals surface area contributed by atoms with Crippen molar-refractivity contribution < 1.29 is 17.7 Å². The molecule has 0 radical (unpaired) electrons. The van der Waals surface area contributed by atoms with Crippen LogP contribution in [0.5, 0.6) is 0 Å². The first kappa shape index (κ1) is 13.9. The summed E-state index contributed by atoms with van der Waals surface area (Å²) >= 11 is 0.